The van der Waals surface area contributed by atoms with Crippen molar-refractivity contribution in [2.45, 2.75) is 30.0 Å². The third-order valence-electron chi connectivity index (χ3n) is 3.88. The van der Waals surface area contributed by atoms with E-state index in [1.54, 1.807) is 16.7 Å². The van der Waals surface area contributed by atoms with Crippen LogP contribution in [-0.2, 0) is 16.1 Å². The lowest BCUT2D eigenvalue weighted by molar-refractivity contribution is -0.123. The zero-order chi connectivity index (χ0) is 16.9. The molecule has 0 spiro atoms. The molecule has 0 saturated heterocycles. The third kappa shape index (κ3) is 3.97. The Kier molecular flexibility index (Phi) is 5.20. The summed E-state index contributed by atoms with van der Waals surface area (Å²) in [5.41, 5.74) is 1.87. The quantitative estimate of drug-likeness (QED) is 0.930. The van der Waals surface area contributed by atoms with E-state index in [0.29, 0.717) is 13.0 Å². The predicted molar refractivity (Wildman–Crippen MR) is 97.0 cm³/mol. The molecule has 4 nitrogen and oxygen atoms in total. The number of nitrogens with one attached hydrogen (secondary N) is 1. The summed E-state index contributed by atoms with van der Waals surface area (Å²) < 4.78 is 0. The molecule has 2 aromatic rings. The summed E-state index contributed by atoms with van der Waals surface area (Å²) in [6, 6.07) is 17.5. The molecule has 2 amide bonds. The smallest absolute Gasteiger partial charge is 0.240 e. The fourth-order valence-electron chi connectivity index (χ4n) is 2.70. The molecule has 0 bridgehead atoms. The van der Waals surface area contributed by atoms with E-state index in [1.165, 1.54) is 0 Å². The van der Waals surface area contributed by atoms with Gasteiger partial charge in [-0.1, -0.05) is 49.4 Å². The number of fused-ring (bicyclic) bond motifs is 1. The minimum absolute atomic E-state index is 0.00480. The van der Waals surface area contributed by atoms with Gasteiger partial charge in [0.15, 0.2) is 0 Å². The zero-order valence-electron chi connectivity index (χ0n) is 13.6. The number of nitrogens with zero attached hydrogens (tertiary/aromatic N) is 1. The highest BCUT2D eigenvalue weighted by Crippen LogP contribution is 2.37. The first kappa shape index (κ1) is 16.6. The Hall–Kier alpha value is -2.27. The molecular formula is C19H20N2O2S. The molecule has 1 heterocycles. The fourth-order valence-corrected chi connectivity index (χ4v) is 3.81. The minimum atomic E-state index is -0.151. The number of thioether (sulfide) groups is 1. The SMILES string of the molecule is C[C@@H]1CC(=O)N(CC(=O)NCc2ccccc2)c2ccccc2S1. The Morgan fingerprint density at radius 3 is 2.67 bits per heavy atom. The van der Waals surface area contributed by atoms with Gasteiger partial charge in [0, 0.05) is 23.1 Å². The Morgan fingerprint density at radius 1 is 1.17 bits per heavy atom. The van der Waals surface area contributed by atoms with Crippen LogP contribution in [0.5, 0.6) is 0 Å². The average molecular weight is 340 g/mol. The summed E-state index contributed by atoms with van der Waals surface area (Å²) in [6.07, 6.45) is 0.436. The Morgan fingerprint density at radius 2 is 1.88 bits per heavy atom. The second kappa shape index (κ2) is 7.53. The Labute approximate surface area is 146 Å². The van der Waals surface area contributed by atoms with E-state index in [0.717, 1.165) is 16.1 Å². The van der Waals surface area contributed by atoms with Crippen LogP contribution in [0.3, 0.4) is 0 Å². The first-order chi connectivity index (χ1) is 11.6. The fraction of sp³-hybridized carbons (Fsp3) is 0.263. The topological polar surface area (TPSA) is 49.4 Å². The molecule has 1 N–H and O–H groups in total. The van der Waals surface area contributed by atoms with E-state index in [2.05, 4.69) is 5.32 Å². The van der Waals surface area contributed by atoms with Crippen molar-refractivity contribution in [1.82, 2.24) is 5.32 Å². The highest BCUT2D eigenvalue weighted by atomic mass is 32.2. The maximum absolute atomic E-state index is 12.5. The monoisotopic (exact) mass is 340 g/mol. The third-order valence-corrected chi connectivity index (χ3v) is 5.05. The van der Waals surface area contributed by atoms with Gasteiger partial charge in [-0.25, -0.2) is 0 Å². The Bertz CT molecular complexity index is 733. The van der Waals surface area contributed by atoms with Gasteiger partial charge in [-0.05, 0) is 17.7 Å². The van der Waals surface area contributed by atoms with Crippen LogP contribution in [0.2, 0.25) is 0 Å². The number of carbonyl (C=O) groups is 2. The van der Waals surface area contributed by atoms with Gasteiger partial charge in [-0.3, -0.25) is 9.59 Å². The standard InChI is InChI=1S/C19H20N2O2S/c1-14-11-19(23)21(16-9-5-6-10-17(16)24-14)13-18(22)20-12-15-7-3-2-4-8-15/h2-10,14H,11-13H2,1H3,(H,20,22)/t14-/m1/s1. The van der Waals surface area contributed by atoms with Crippen LogP contribution in [-0.4, -0.2) is 23.6 Å². The van der Waals surface area contributed by atoms with Crippen molar-refractivity contribution < 1.29 is 9.59 Å². The number of amides is 2. The van der Waals surface area contributed by atoms with Crippen LogP contribution >= 0.6 is 11.8 Å². The predicted octanol–water partition coefficient (Wildman–Crippen LogP) is 3.22. The highest BCUT2D eigenvalue weighted by molar-refractivity contribution is 8.00. The van der Waals surface area contributed by atoms with Crippen LogP contribution in [0.4, 0.5) is 5.69 Å². The summed E-state index contributed by atoms with van der Waals surface area (Å²) in [7, 11) is 0. The van der Waals surface area contributed by atoms with Crippen LogP contribution in [0.25, 0.3) is 0 Å². The van der Waals surface area contributed by atoms with Gasteiger partial charge in [0.1, 0.15) is 6.54 Å². The van der Waals surface area contributed by atoms with Gasteiger partial charge in [0.25, 0.3) is 0 Å². The lowest BCUT2D eigenvalue weighted by Crippen LogP contribution is -2.40. The number of para-hydroxylation sites is 1. The molecule has 5 heteroatoms. The summed E-state index contributed by atoms with van der Waals surface area (Å²) in [5.74, 6) is -0.156. The molecule has 1 atom stereocenters. The van der Waals surface area contributed by atoms with E-state index in [4.69, 9.17) is 0 Å². The molecule has 0 fully saturated rings. The molecule has 0 aliphatic carbocycles. The van der Waals surface area contributed by atoms with Crippen molar-refractivity contribution in [3.05, 3.63) is 60.2 Å². The molecule has 0 aromatic heterocycles. The molecule has 124 valence electrons. The van der Waals surface area contributed by atoms with Gasteiger partial charge >= 0.3 is 0 Å². The van der Waals surface area contributed by atoms with Crippen molar-refractivity contribution in [3.63, 3.8) is 0 Å². The molecule has 1 aliphatic heterocycles. The maximum atomic E-state index is 12.5. The van der Waals surface area contributed by atoms with E-state index in [-0.39, 0.29) is 23.6 Å². The van der Waals surface area contributed by atoms with Gasteiger partial charge in [0.2, 0.25) is 11.8 Å². The second-order valence-corrected chi connectivity index (χ2v) is 7.32. The number of rotatable bonds is 4. The molecule has 0 saturated carbocycles. The van der Waals surface area contributed by atoms with Crippen LogP contribution in [0.1, 0.15) is 18.9 Å². The van der Waals surface area contributed by atoms with Crippen molar-refractivity contribution in [2.24, 2.45) is 0 Å². The Balaban J connectivity index is 1.71. The van der Waals surface area contributed by atoms with Crippen molar-refractivity contribution >= 4 is 29.3 Å². The lowest BCUT2D eigenvalue weighted by atomic mass is 10.2. The largest absolute Gasteiger partial charge is 0.350 e. The maximum Gasteiger partial charge on any atom is 0.240 e. The number of hydrogen-bond donors (Lipinski definition) is 1. The van der Waals surface area contributed by atoms with E-state index in [1.807, 2.05) is 61.5 Å². The van der Waals surface area contributed by atoms with Gasteiger partial charge in [-0.2, -0.15) is 0 Å². The zero-order valence-corrected chi connectivity index (χ0v) is 14.4. The van der Waals surface area contributed by atoms with Crippen LogP contribution in [0, 0.1) is 0 Å². The van der Waals surface area contributed by atoms with E-state index < -0.39 is 0 Å². The second-order valence-electron chi connectivity index (χ2n) is 5.84. The normalized spacial score (nSPS) is 17.1. The van der Waals surface area contributed by atoms with Crippen molar-refractivity contribution in [3.8, 4) is 0 Å². The summed E-state index contributed by atoms with van der Waals surface area (Å²) >= 11 is 1.68. The number of benzene rings is 2. The summed E-state index contributed by atoms with van der Waals surface area (Å²) in [6.45, 7) is 2.56. The first-order valence-corrected chi connectivity index (χ1v) is 8.88. The molecule has 2 aromatic carbocycles. The van der Waals surface area contributed by atoms with E-state index >= 15 is 0 Å². The molecule has 0 radical (unpaired) electrons. The van der Waals surface area contributed by atoms with E-state index in [9.17, 15) is 9.59 Å². The van der Waals surface area contributed by atoms with Gasteiger partial charge in [0.05, 0.1) is 5.69 Å². The number of anilines is 1. The first-order valence-electron chi connectivity index (χ1n) is 8.00. The number of carbonyl (C=O) groups excluding carboxylic acids is 2. The number of hydrogen-bond acceptors (Lipinski definition) is 3. The van der Waals surface area contributed by atoms with Gasteiger partial charge in [-0.15, -0.1) is 11.8 Å². The molecule has 3 rings (SSSR count). The summed E-state index contributed by atoms with van der Waals surface area (Å²) in [5, 5.41) is 3.09. The van der Waals surface area contributed by atoms with Crippen molar-refractivity contribution in [2.75, 3.05) is 11.4 Å². The molecule has 0 unspecified atom stereocenters. The van der Waals surface area contributed by atoms with Crippen LogP contribution in [0.15, 0.2) is 59.5 Å². The lowest BCUT2D eigenvalue weighted by Gasteiger charge is -2.22. The van der Waals surface area contributed by atoms with Crippen molar-refractivity contribution in [1.29, 1.82) is 0 Å². The average Bonchev–Trinajstić information content (AvgIpc) is 2.70. The summed E-state index contributed by atoms with van der Waals surface area (Å²) in [4.78, 5) is 27.5. The highest BCUT2D eigenvalue weighted by Gasteiger charge is 2.27. The van der Waals surface area contributed by atoms with Crippen LogP contribution < -0.4 is 10.2 Å². The molecule has 1 aliphatic rings. The van der Waals surface area contributed by atoms with Gasteiger partial charge < -0.3 is 10.2 Å². The molecular weight excluding hydrogens is 320 g/mol. The molecule has 24 heavy (non-hydrogen) atoms. The minimum Gasteiger partial charge on any atom is -0.350 e.